The summed E-state index contributed by atoms with van der Waals surface area (Å²) >= 11 is 6.19. The second-order valence-corrected chi connectivity index (χ2v) is 7.25. The highest BCUT2D eigenvalue weighted by Crippen LogP contribution is 2.33. The number of rotatable bonds is 11. The molecule has 2 rings (SSSR count). The Morgan fingerprint density at radius 1 is 0.750 bits per heavy atom. The summed E-state index contributed by atoms with van der Waals surface area (Å²) in [5.74, 6) is 0.408. The molecule has 1 N–H and O–H groups in total. The highest BCUT2D eigenvalue weighted by Gasteiger charge is 2.08. The molecule has 132 valence electrons. The van der Waals surface area contributed by atoms with Gasteiger partial charge in [0.15, 0.2) is 0 Å². The van der Waals surface area contributed by atoms with E-state index in [0.717, 1.165) is 29.2 Å². The zero-order chi connectivity index (χ0) is 17.2. The average Bonchev–Trinajstić information content (AvgIpc) is 2.59. The van der Waals surface area contributed by atoms with Crippen LogP contribution >= 0.6 is 11.6 Å². The van der Waals surface area contributed by atoms with Gasteiger partial charge < -0.3 is 5.11 Å². The van der Waals surface area contributed by atoms with Gasteiger partial charge in [-0.1, -0.05) is 101 Å². The quantitative estimate of drug-likeness (QED) is 0.414. The number of unbranched alkanes of at least 4 members (excludes halogenated alkanes) is 9. The highest BCUT2D eigenvalue weighted by atomic mass is 35.5. The van der Waals surface area contributed by atoms with Gasteiger partial charge in [0.2, 0.25) is 0 Å². The lowest BCUT2D eigenvalue weighted by Crippen LogP contribution is -1.89. The number of phenols is 1. The van der Waals surface area contributed by atoms with E-state index in [-0.39, 0.29) is 0 Å². The van der Waals surface area contributed by atoms with Crippen molar-refractivity contribution < 1.29 is 5.11 Å². The first-order chi connectivity index (χ1) is 11.7. The molecule has 24 heavy (non-hydrogen) atoms. The van der Waals surface area contributed by atoms with Crippen molar-refractivity contribution in [3.05, 3.63) is 40.9 Å². The number of halogens is 1. The molecule has 1 nitrogen and oxygen atoms in total. The Bertz CT molecular complexity index is 621. The molecule has 2 heteroatoms. The van der Waals surface area contributed by atoms with E-state index < -0.39 is 0 Å². The smallest absolute Gasteiger partial charge is 0.126 e. The SMILES string of the molecule is CCCCCCCCCCCCc1ccc2c(Cl)cccc2c1O. The number of hydrogen-bond acceptors (Lipinski definition) is 1. The van der Waals surface area contributed by atoms with E-state index in [0.29, 0.717) is 10.8 Å². The zero-order valence-corrected chi connectivity index (χ0v) is 15.7. The minimum absolute atomic E-state index is 0.408. The van der Waals surface area contributed by atoms with Gasteiger partial charge in [0.1, 0.15) is 5.75 Å². The van der Waals surface area contributed by atoms with Crippen LogP contribution in [-0.2, 0) is 6.42 Å². The molecule has 0 atom stereocenters. The molecule has 0 aliphatic rings. The highest BCUT2D eigenvalue weighted by molar-refractivity contribution is 6.35. The first kappa shape index (κ1) is 19.1. The van der Waals surface area contributed by atoms with Crippen molar-refractivity contribution in [3.63, 3.8) is 0 Å². The van der Waals surface area contributed by atoms with Gasteiger partial charge in [-0.3, -0.25) is 0 Å². The molecular formula is C22H31ClO. The topological polar surface area (TPSA) is 20.2 Å². The van der Waals surface area contributed by atoms with Crippen molar-refractivity contribution in [2.75, 3.05) is 0 Å². The summed E-state index contributed by atoms with van der Waals surface area (Å²) in [6.07, 6.45) is 14.3. The lowest BCUT2D eigenvalue weighted by atomic mass is 10.00. The van der Waals surface area contributed by atoms with Crippen molar-refractivity contribution in [3.8, 4) is 5.75 Å². The molecular weight excluding hydrogens is 316 g/mol. The lowest BCUT2D eigenvalue weighted by molar-refractivity contribution is 0.472. The van der Waals surface area contributed by atoms with Gasteiger partial charge in [-0.25, -0.2) is 0 Å². The fraction of sp³-hybridized carbons (Fsp3) is 0.545. The summed E-state index contributed by atoms with van der Waals surface area (Å²) in [7, 11) is 0. The molecule has 0 aliphatic carbocycles. The van der Waals surface area contributed by atoms with E-state index in [1.54, 1.807) is 0 Å². The second kappa shape index (κ2) is 10.6. The molecule has 2 aromatic carbocycles. The van der Waals surface area contributed by atoms with Crippen molar-refractivity contribution >= 4 is 22.4 Å². The van der Waals surface area contributed by atoms with Gasteiger partial charge in [0, 0.05) is 15.8 Å². The molecule has 0 fully saturated rings. The van der Waals surface area contributed by atoms with Crippen molar-refractivity contribution in [2.45, 2.75) is 77.6 Å². The van der Waals surface area contributed by atoms with E-state index in [9.17, 15) is 5.11 Å². The molecule has 0 aliphatic heterocycles. The molecule has 0 aromatic heterocycles. The fourth-order valence-electron chi connectivity index (χ4n) is 3.35. The summed E-state index contributed by atoms with van der Waals surface area (Å²) in [5.41, 5.74) is 1.05. The number of hydrogen-bond donors (Lipinski definition) is 1. The summed E-state index contributed by atoms with van der Waals surface area (Å²) in [6, 6.07) is 9.76. The van der Waals surface area contributed by atoms with E-state index in [1.807, 2.05) is 30.3 Å². The Kier molecular flexibility index (Phi) is 8.45. The normalized spacial score (nSPS) is 11.2. The average molecular weight is 347 g/mol. The monoisotopic (exact) mass is 346 g/mol. The predicted octanol–water partition coefficient (Wildman–Crippen LogP) is 7.66. The minimum atomic E-state index is 0.408. The van der Waals surface area contributed by atoms with Crippen LogP contribution in [0.1, 0.15) is 76.7 Å². The standard InChI is InChI=1S/C22H31ClO/c1-2-3-4-5-6-7-8-9-10-11-13-18-16-17-19-20(22(18)24)14-12-15-21(19)23/h12,14-17,24H,2-11,13H2,1H3. The number of phenolic OH excluding ortho intramolecular Hbond substituents is 1. The lowest BCUT2D eigenvalue weighted by Gasteiger charge is -2.09. The Balaban J connectivity index is 1.68. The molecule has 0 bridgehead atoms. The molecule has 0 amide bonds. The van der Waals surface area contributed by atoms with Crippen LogP contribution in [0, 0.1) is 0 Å². The Morgan fingerprint density at radius 2 is 1.38 bits per heavy atom. The largest absolute Gasteiger partial charge is 0.507 e. The Labute approximate surface area is 152 Å². The third kappa shape index (κ3) is 5.70. The molecule has 0 radical (unpaired) electrons. The van der Waals surface area contributed by atoms with Crippen LogP contribution in [0.15, 0.2) is 30.3 Å². The van der Waals surface area contributed by atoms with Crippen LogP contribution in [0.3, 0.4) is 0 Å². The molecule has 0 saturated carbocycles. The number of aryl methyl sites for hydroxylation is 1. The number of fused-ring (bicyclic) bond motifs is 1. The maximum absolute atomic E-state index is 10.5. The maximum Gasteiger partial charge on any atom is 0.126 e. The summed E-state index contributed by atoms with van der Waals surface area (Å²) in [4.78, 5) is 0. The van der Waals surface area contributed by atoms with E-state index in [4.69, 9.17) is 11.6 Å². The number of benzene rings is 2. The van der Waals surface area contributed by atoms with Gasteiger partial charge >= 0.3 is 0 Å². The molecule has 0 heterocycles. The van der Waals surface area contributed by atoms with Crippen molar-refractivity contribution in [2.24, 2.45) is 0 Å². The first-order valence-corrected chi connectivity index (χ1v) is 10.0. The van der Waals surface area contributed by atoms with E-state index in [1.165, 1.54) is 57.8 Å². The summed E-state index contributed by atoms with van der Waals surface area (Å²) < 4.78 is 0. The molecule has 0 unspecified atom stereocenters. The van der Waals surface area contributed by atoms with Gasteiger partial charge in [-0.15, -0.1) is 0 Å². The van der Waals surface area contributed by atoms with Crippen LogP contribution < -0.4 is 0 Å². The zero-order valence-electron chi connectivity index (χ0n) is 15.0. The third-order valence-corrected chi connectivity index (χ3v) is 5.19. The van der Waals surface area contributed by atoms with Crippen LogP contribution in [0.25, 0.3) is 10.8 Å². The molecule has 0 spiro atoms. The second-order valence-electron chi connectivity index (χ2n) is 6.84. The van der Waals surface area contributed by atoms with Crippen LogP contribution in [0.5, 0.6) is 5.75 Å². The van der Waals surface area contributed by atoms with E-state index >= 15 is 0 Å². The Hall–Kier alpha value is -1.21. The summed E-state index contributed by atoms with van der Waals surface area (Å²) in [6.45, 7) is 2.27. The van der Waals surface area contributed by atoms with Gasteiger partial charge in [-0.2, -0.15) is 0 Å². The van der Waals surface area contributed by atoms with E-state index in [2.05, 4.69) is 6.92 Å². The van der Waals surface area contributed by atoms with Crippen molar-refractivity contribution in [1.29, 1.82) is 0 Å². The minimum Gasteiger partial charge on any atom is -0.507 e. The first-order valence-electron chi connectivity index (χ1n) is 9.63. The predicted molar refractivity (Wildman–Crippen MR) is 106 cm³/mol. The molecule has 2 aromatic rings. The maximum atomic E-state index is 10.5. The van der Waals surface area contributed by atoms with Crippen molar-refractivity contribution in [1.82, 2.24) is 0 Å². The Morgan fingerprint density at radius 3 is 2.04 bits per heavy atom. The van der Waals surface area contributed by atoms with Gasteiger partial charge in [0.05, 0.1) is 0 Å². The third-order valence-electron chi connectivity index (χ3n) is 4.86. The van der Waals surface area contributed by atoms with Gasteiger partial charge in [0.25, 0.3) is 0 Å². The molecule has 0 saturated heterocycles. The van der Waals surface area contributed by atoms with Crippen LogP contribution in [0.2, 0.25) is 5.02 Å². The number of aromatic hydroxyl groups is 1. The summed E-state index contributed by atoms with van der Waals surface area (Å²) in [5, 5.41) is 13.0. The van der Waals surface area contributed by atoms with Crippen LogP contribution in [-0.4, -0.2) is 5.11 Å². The van der Waals surface area contributed by atoms with Crippen LogP contribution in [0.4, 0.5) is 0 Å². The fourth-order valence-corrected chi connectivity index (χ4v) is 3.59. The van der Waals surface area contributed by atoms with Gasteiger partial charge in [-0.05, 0) is 24.5 Å².